The van der Waals surface area contributed by atoms with Crippen molar-refractivity contribution < 1.29 is 4.79 Å². The van der Waals surface area contributed by atoms with E-state index in [1.165, 1.54) is 12.8 Å². The minimum Gasteiger partial charge on any atom is -0.293 e. The summed E-state index contributed by atoms with van der Waals surface area (Å²) in [6, 6.07) is 9.35. The molecule has 1 aliphatic rings. The molecule has 3 heteroatoms. The van der Waals surface area contributed by atoms with Crippen LogP contribution in [0.25, 0.3) is 0 Å². The Balaban J connectivity index is 1.99. The Morgan fingerprint density at radius 3 is 2.47 bits per heavy atom. The topological polar surface area (TPSA) is 44.1 Å². The van der Waals surface area contributed by atoms with Crippen LogP contribution < -0.4 is 0 Å². The molecule has 1 aliphatic carbocycles. The fraction of sp³-hybridized carbons (Fsp3) is 0.500. The van der Waals surface area contributed by atoms with Crippen molar-refractivity contribution in [2.45, 2.75) is 32.7 Å². The Labute approximate surface area is 114 Å². The summed E-state index contributed by atoms with van der Waals surface area (Å²) < 4.78 is 0. The minimum atomic E-state index is 0.138. The Hall–Kier alpha value is -1.66. The number of hydrogen-bond donors (Lipinski definition) is 0. The van der Waals surface area contributed by atoms with Crippen molar-refractivity contribution >= 4 is 5.78 Å². The maximum Gasteiger partial charge on any atom is 0.176 e. The van der Waals surface area contributed by atoms with Crippen molar-refractivity contribution in [1.82, 2.24) is 4.90 Å². The van der Waals surface area contributed by atoms with Crippen molar-refractivity contribution in [2.75, 3.05) is 13.1 Å². The average Bonchev–Trinajstić information content (AvgIpc) is 3.22. The molecule has 1 aromatic rings. The highest BCUT2D eigenvalue weighted by molar-refractivity contribution is 5.97. The van der Waals surface area contributed by atoms with Crippen LogP contribution in [0.2, 0.25) is 0 Å². The number of ketones is 1. The standard InChI is InChI=1S/C16H20N2O/c1-12(2)18(10-14-3-4-14)11-16(19)15-7-5-13(9-17)6-8-15/h5-8,12,14H,3-4,10-11H2,1-2H3. The molecule has 0 bridgehead atoms. The number of hydrogen-bond acceptors (Lipinski definition) is 3. The van der Waals surface area contributed by atoms with Crippen LogP contribution in [0.1, 0.15) is 42.6 Å². The summed E-state index contributed by atoms with van der Waals surface area (Å²) in [5.74, 6) is 0.926. The first-order valence-electron chi connectivity index (χ1n) is 6.87. The molecule has 19 heavy (non-hydrogen) atoms. The molecule has 1 fully saturated rings. The molecule has 0 heterocycles. The molecule has 0 atom stereocenters. The molecule has 0 unspecified atom stereocenters. The molecule has 0 aliphatic heterocycles. The molecule has 0 aromatic heterocycles. The first kappa shape index (κ1) is 13.8. The number of carbonyl (C=O) groups excluding carboxylic acids is 1. The highest BCUT2D eigenvalue weighted by atomic mass is 16.1. The van der Waals surface area contributed by atoms with E-state index in [1.54, 1.807) is 24.3 Å². The lowest BCUT2D eigenvalue weighted by Gasteiger charge is -2.25. The van der Waals surface area contributed by atoms with Gasteiger partial charge < -0.3 is 0 Å². The lowest BCUT2D eigenvalue weighted by molar-refractivity contribution is 0.0901. The van der Waals surface area contributed by atoms with Gasteiger partial charge in [0.2, 0.25) is 0 Å². The van der Waals surface area contributed by atoms with Crippen LogP contribution in [0.3, 0.4) is 0 Å². The van der Waals surface area contributed by atoms with E-state index >= 15 is 0 Å². The van der Waals surface area contributed by atoms with Crippen molar-refractivity contribution in [1.29, 1.82) is 5.26 Å². The molecule has 0 amide bonds. The van der Waals surface area contributed by atoms with E-state index in [-0.39, 0.29) is 5.78 Å². The van der Waals surface area contributed by atoms with Gasteiger partial charge in [-0.1, -0.05) is 12.1 Å². The highest BCUT2D eigenvalue weighted by Crippen LogP contribution is 2.30. The smallest absolute Gasteiger partial charge is 0.176 e. The van der Waals surface area contributed by atoms with Gasteiger partial charge in [-0.25, -0.2) is 0 Å². The van der Waals surface area contributed by atoms with Gasteiger partial charge in [-0.15, -0.1) is 0 Å². The molecule has 1 saturated carbocycles. The van der Waals surface area contributed by atoms with E-state index in [0.717, 1.165) is 12.5 Å². The summed E-state index contributed by atoms with van der Waals surface area (Å²) in [7, 11) is 0. The van der Waals surface area contributed by atoms with Crippen LogP contribution in [0.4, 0.5) is 0 Å². The van der Waals surface area contributed by atoms with Crippen molar-refractivity contribution in [3.05, 3.63) is 35.4 Å². The predicted molar refractivity (Wildman–Crippen MR) is 74.9 cm³/mol. The quantitative estimate of drug-likeness (QED) is 0.735. The van der Waals surface area contributed by atoms with Crippen molar-refractivity contribution in [3.63, 3.8) is 0 Å². The van der Waals surface area contributed by atoms with Gasteiger partial charge in [0.25, 0.3) is 0 Å². The second-order valence-corrected chi connectivity index (χ2v) is 5.58. The summed E-state index contributed by atoms with van der Waals surface area (Å²) >= 11 is 0. The highest BCUT2D eigenvalue weighted by Gasteiger charge is 2.26. The molecule has 1 aromatic carbocycles. The van der Waals surface area contributed by atoms with Crippen LogP contribution in [-0.4, -0.2) is 29.8 Å². The largest absolute Gasteiger partial charge is 0.293 e. The predicted octanol–water partition coefficient (Wildman–Crippen LogP) is 2.86. The second kappa shape index (κ2) is 5.99. The zero-order valence-corrected chi connectivity index (χ0v) is 11.6. The number of Topliss-reactive ketones (excluding diaryl/α,β-unsaturated/α-hetero) is 1. The SMILES string of the molecule is CC(C)N(CC(=O)c1ccc(C#N)cc1)CC1CC1. The zero-order valence-electron chi connectivity index (χ0n) is 11.6. The molecule has 3 nitrogen and oxygen atoms in total. The first-order chi connectivity index (χ1) is 9.10. The van der Waals surface area contributed by atoms with E-state index < -0.39 is 0 Å². The Morgan fingerprint density at radius 1 is 1.37 bits per heavy atom. The second-order valence-electron chi connectivity index (χ2n) is 5.58. The lowest BCUT2D eigenvalue weighted by atomic mass is 10.1. The summed E-state index contributed by atoms with van der Waals surface area (Å²) in [5, 5.41) is 8.75. The van der Waals surface area contributed by atoms with E-state index in [0.29, 0.717) is 23.7 Å². The summed E-state index contributed by atoms with van der Waals surface area (Å²) in [6.45, 7) is 5.77. The molecular weight excluding hydrogens is 236 g/mol. The first-order valence-corrected chi connectivity index (χ1v) is 6.87. The number of nitrogens with zero attached hydrogens (tertiary/aromatic N) is 2. The van der Waals surface area contributed by atoms with Crippen molar-refractivity contribution in [3.8, 4) is 6.07 Å². The van der Waals surface area contributed by atoms with Crippen LogP contribution in [0, 0.1) is 17.2 Å². The number of benzene rings is 1. The average molecular weight is 256 g/mol. The Bertz CT molecular complexity index is 480. The Morgan fingerprint density at radius 2 is 2.00 bits per heavy atom. The van der Waals surface area contributed by atoms with Gasteiger partial charge in [-0.2, -0.15) is 5.26 Å². The molecule has 0 radical (unpaired) electrons. The van der Waals surface area contributed by atoms with Gasteiger partial charge in [0.1, 0.15) is 0 Å². The van der Waals surface area contributed by atoms with Gasteiger partial charge in [0.05, 0.1) is 18.2 Å². The van der Waals surface area contributed by atoms with E-state index in [2.05, 4.69) is 24.8 Å². The van der Waals surface area contributed by atoms with Gasteiger partial charge in [-0.05, 0) is 44.7 Å². The molecule has 0 saturated heterocycles. The molecular formula is C16H20N2O. The van der Waals surface area contributed by atoms with Crippen LogP contribution in [0.15, 0.2) is 24.3 Å². The Kier molecular flexibility index (Phi) is 4.34. The fourth-order valence-corrected chi connectivity index (χ4v) is 2.10. The van der Waals surface area contributed by atoms with Crippen LogP contribution in [0.5, 0.6) is 0 Å². The monoisotopic (exact) mass is 256 g/mol. The number of nitriles is 1. The molecule has 2 rings (SSSR count). The number of carbonyl (C=O) groups is 1. The summed E-state index contributed by atoms with van der Waals surface area (Å²) in [4.78, 5) is 14.5. The minimum absolute atomic E-state index is 0.138. The third kappa shape index (κ3) is 3.90. The zero-order chi connectivity index (χ0) is 13.8. The van der Waals surface area contributed by atoms with E-state index in [9.17, 15) is 4.79 Å². The number of rotatable bonds is 6. The van der Waals surface area contributed by atoms with E-state index in [1.807, 2.05) is 0 Å². The van der Waals surface area contributed by atoms with Gasteiger partial charge in [-0.3, -0.25) is 9.69 Å². The van der Waals surface area contributed by atoms with Crippen LogP contribution >= 0.6 is 0 Å². The van der Waals surface area contributed by atoms with Crippen molar-refractivity contribution in [2.24, 2.45) is 5.92 Å². The maximum absolute atomic E-state index is 12.2. The summed E-state index contributed by atoms with van der Waals surface area (Å²) in [6.07, 6.45) is 2.60. The van der Waals surface area contributed by atoms with Gasteiger partial charge in [0.15, 0.2) is 5.78 Å². The van der Waals surface area contributed by atoms with E-state index in [4.69, 9.17) is 5.26 Å². The summed E-state index contributed by atoms with van der Waals surface area (Å²) in [5.41, 5.74) is 1.29. The molecule has 100 valence electrons. The normalized spacial score (nSPS) is 14.7. The van der Waals surface area contributed by atoms with Gasteiger partial charge in [0, 0.05) is 18.2 Å². The van der Waals surface area contributed by atoms with Gasteiger partial charge >= 0.3 is 0 Å². The third-order valence-electron chi connectivity index (χ3n) is 3.60. The lowest BCUT2D eigenvalue weighted by Crippen LogP contribution is -2.37. The fourth-order valence-electron chi connectivity index (χ4n) is 2.10. The molecule has 0 spiro atoms. The van der Waals surface area contributed by atoms with Crippen LogP contribution in [-0.2, 0) is 0 Å². The molecule has 0 N–H and O–H groups in total. The third-order valence-corrected chi connectivity index (χ3v) is 3.60. The maximum atomic E-state index is 12.2.